The molecule has 6 heteroatoms. The molecule has 3 rings (SSSR count). The van der Waals surface area contributed by atoms with Crippen molar-refractivity contribution < 1.29 is 9.53 Å². The Morgan fingerprint density at radius 3 is 2.76 bits per heavy atom. The number of ether oxygens (including phenoxy) is 1. The molecule has 0 spiro atoms. The molecule has 1 saturated heterocycles. The molecule has 21 heavy (non-hydrogen) atoms. The van der Waals surface area contributed by atoms with Crippen LogP contribution in [0.3, 0.4) is 0 Å². The van der Waals surface area contributed by atoms with Gasteiger partial charge in [0, 0.05) is 18.9 Å². The van der Waals surface area contributed by atoms with E-state index in [1.807, 2.05) is 6.08 Å². The van der Waals surface area contributed by atoms with Crippen molar-refractivity contribution in [2.45, 2.75) is 61.4 Å². The maximum absolute atomic E-state index is 11.6. The minimum atomic E-state index is -0.142. The second-order valence-corrected chi connectivity index (χ2v) is 6.81. The number of aromatic nitrogens is 3. The maximum Gasteiger partial charge on any atom is 0.319 e. The maximum atomic E-state index is 11.6. The second-order valence-electron chi connectivity index (χ2n) is 5.64. The van der Waals surface area contributed by atoms with E-state index in [1.165, 1.54) is 43.9 Å². The highest BCUT2D eigenvalue weighted by molar-refractivity contribution is 8.00. The molecule has 1 saturated carbocycles. The highest BCUT2D eigenvalue weighted by atomic mass is 32.2. The molecule has 1 atom stereocenters. The number of cyclic esters (lactones) is 1. The van der Waals surface area contributed by atoms with Gasteiger partial charge in [0.25, 0.3) is 0 Å². The molecule has 114 valence electrons. The second kappa shape index (κ2) is 6.64. The van der Waals surface area contributed by atoms with Crippen LogP contribution in [0.5, 0.6) is 0 Å². The molecule has 0 N–H and O–H groups in total. The average Bonchev–Trinajstić information content (AvgIpc) is 3.09. The van der Waals surface area contributed by atoms with Gasteiger partial charge < -0.3 is 9.30 Å². The molecule has 2 fully saturated rings. The van der Waals surface area contributed by atoms with Gasteiger partial charge >= 0.3 is 5.97 Å². The lowest BCUT2D eigenvalue weighted by Crippen LogP contribution is -2.14. The van der Waals surface area contributed by atoms with Crippen LogP contribution < -0.4 is 0 Å². The van der Waals surface area contributed by atoms with E-state index >= 15 is 0 Å². The third-order valence-electron chi connectivity index (χ3n) is 4.16. The highest BCUT2D eigenvalue weighted by Crippen LogP contribution is 2.35. The van der Waals surface area contributed by atoms with Crippen molar-refractivity contribution in [3.8, 4) is 0 Å². The van der Waals surface area contributed by atoms with Crippen LogP contribution in [0.15, 0.2) is 17.8 Å². The van der Waals surface area contributed by atoms with Gasteiger partial charge in [-0.3, -0.25) is 4.79 Å². The molecule has 0 bridgehead atoms. The molecule has 1 aromatic rings. The number of carbonyl (C=O) groups excluding carboxylic acids is 1. The van der Waals surface area contributed by atoms with Gasteiger partial charge in [-0.1, -0.05) is 37.1 Å². The van der Waals surface area contributed by atoms with E-state index in [-0.39, 0.29) is 11.2 Å². The first kappa shape index (κ1) is 14.6. The molecule has 1 aliphatic heterocycles. The third kappa shape index (κ3) is 3.15. The van der Waals surface area contributed by atoms with Crippen LogP contribution in [-0.2, 0) is 16.1 Å². The topological polar surface area (TPSA) is 57.0 Å². The van der Waals surface area contributed by atoms with Crippen molar-refractivity contribution in [1.82, 2.24) is 14.8 Å². The Labute approximate surface area is 129 Å². The lowest BCUT2D eigenvalue weighted by atomic mass is 9.89. The molecule has 0 aromatic carbocycles. The summed E-state index contributed by atoms with van der Waals surface area (Å²) in [7, 11) is 0. The number of esters is 1. The predicted molar refractivity (Wildman–Crippen MR) is 81.3 cm³/mol. The van der Waals surface area contributed by atoms with Crippen LogP contribution in [0.4, 0.5) is 0 Å². The number of thioether (sulfide) groups is 1. The zero-order chi connectivity index (χ0) is 14.7. The van der Waals surface area contributed by atoms with Crippen molar-refractivity contribution in [2.75, 3.05) is 6.61 Å². The molecular weight excluding hydrogens is 286 g/mol. The van der Waals surface area contributed by atoms with Gasteiger partial charge in [-0.15, -0.1) is 16.8 Å². The minimum Gasteiger partial charge on any atom is -0.465 e. The van der Waals surface area contributed by atoms with Crippen LogP contribution in [0.1, 0.15) is 50.3 Å². The zero-order valence-corrected chi connectivity index (χ0v) is 13.0. The van der Waals surface area contributed by atoms with Gasteiger partial charge in [0.1, 0.15) is 11.1 Å². The fraction of sp³-hybridized carbons (Fsp3) is 0.667. The van der Waals surface area contributed by atoms with Crippen molar-refractivity contribution in [3.05, 3.63) is 18.5 Å². The molecule has 5 nitrogen and oxygen atoms in total. The summed E-state index contributed by atoms with van der Waals surface area (Å²) in [6.07, 6.45) is 8.85. The van der Waals surface area contributed by atoms with E-state index < -0.39 is 0 Å². The van der Waals surface area contributed by atoms with Gasteiger partial charge in [-0.05, 0) is 12.8 Å². The smallest absolute Gasteiger partial charge is 0.319 e. The van der Waals surface area contributed by atoms with E-state index in [4.69, 9.17) is 4.74 Å². The Kier molecular flexibility index (Phi) is 4.63. The summed E-state index contributed by atoms with van der Waals surface area (Å²) in [5.74, 6) is 1.42. The van der Waals surface area contributed by atoms with E-state index in [1.54, 1.807) is 0 Å². The summed E-state index contributed by atoms with van der Waals surface area (Å²) in [5.41, 5.74) is 0. The van der Waals surface area contributed by atoms with Crippen molar-refractivity contribution >= 4 is 17.7 Å². The number of allylic oxidation sites excluding steroid dienone is 1. The first-order chi connectivity index (χ1) is 10.3. The normalized spacial score (nSPS) is 23.2. The standard InChI is InChI=1S/C15H21N3O2S/c1-2-9-18-13(11-6-4-3-5-7-11)16-17-15(18)21-12-8-10-20-14(12)19/h2,11-12H,1,3-10H2/t12-/m0/s1. The summed E-state index contributed by atoms with van der Waals surface area (Å²) in [4.78, 5) is 11.6. The zero-order valence-electron chi connectivity index (χ0n) is 12.2. The number of hydrogen-bond acceptors (Lipinski definition) is 5. The lowest BCUT2D eigenvalue weighted by molar-refractivity contribution is -0.137. The third-order valence-corrected chi connectivity index (χ3v) is 5.39. The van der Waals surface area contributed by atoms with Gasteiger partial charge in [0.05, 0.1) is 6.61 Å². The molecule has 2 aliphatic rings. The lowest BCUT2D eigenvalue weighted by Gasteiger charge is -2.21. The van der Waals surface area contributed by atoms with Gasteiger partial charge in [-0.25, -0.2) is 0 Å². The Balaban J connectivity index is 1.81. The van der Waals surface area contributed by atoms with E-state index in [0.29, 0.717) is 19.1 Å². The largest absolute Gasteiger partial charge is 0.465 e. The van der Waals surface area contributed by atoms with Crippen molar-refractivity contribution in [2.24, 2.45) is 0 Å². The number of carbonyl (C=O) groups is 1. The number of hydrogen-bond donors (Lipinski definition) is 0. The van der Waals surface area contributed by atoms with Gasteiger partial charge in [0.15, 0.2) is 5.16 Å². The SMILES string of the molecule is C=CCn1c(S[C@H]2CCOC2=O)nnc1C1CCCCC1. The van der Waals surface area contributed by atoms with Gasteiger partial charge in [0.2, 0.25) is 0 Å². The van der Waals surface area contributed by atoms with E-state index in [9.17, 15) is 4.79 Å². The molecule has 0 radical (unpaired) electrons. The summed E-state index contributed by atoms with van der Waals surface area (Å²) >= 11 is 1.48. The van der Waals surface area contributed by atoms with Crippen molar-refractivity contribution in [3.63, 3.8) is 0 Å². The Morgan fingerprint density at radius 1 is 1.29 bits per heavy atom. The average molecular weight is 307 g/mol. The predicted octanol–water partition coefficient (Wildman–Crippen LogP) is 2.92. The number of nitrogens with zero attached hydrogens (tertiary/aromatic N) is 3. The first-order valence-electron chi connectivity index (χ1n) is 7.67. The Morgan fingerprint density at radius 2 is 2.10 bits per heavy atom. The quantitative estimate of drug-likeness (QED) is 0.618. The summed E-state index contributed by atoms with van der Waals surface area (Å²) in [6, 6.07) is 0. The number of rotatable bonds is 5. The Bertz CT molecular complexity index is 523. The molecule has 1 aromatic heterocycles. The molecule has 0 unspecified atom stereocenters. The molecule has 0 amide bonds. The van der Waals surface area contributed by atoms with Gasteiger partial charge in [-0.2, -0.15) is 0 Å². The summed E-state index contributed by atoms with van der Waals surface area (Å²) in [5, 5.41) is 9.42. The fourth-order valence-electron chi connectivity index (χ4n) is 3.06. The van der Waals surface area contributed by atoms with E-state index in [0.717, 1.165) is 17.4 Å². The van der Waals surface area contributed by atoms with Crippen LogP contribution in [0.2, 0.25) is 0 Å². The van der Waals surface area contributed by atoms with E-state index in [2.05, 4.69) is 21.3 Å². The summed E-state index contributed by atoms with van der Waals surface area (Å²) in [6.45, 7) is 5.05. The molecular formula is C15H21N3O2S. The monoisotopic (exact) mass is 307 g/mol. The van der Waals surface area contributed by atoms with Crippen LogP contribution in [-0.4, -0.2) is 32.6 Å². The fourth-order valence-corrected chi connectivity index (χ4v) is 4.08. The molecule has 2 heterocycles. The first-order valence-corrected chi connectivity index (χ1v) is 8.55. The molecule has 1 aliphatic carbocycles. The van der Waals surface area contributed by atoms with Crippen LogP contribution in [0, 0.1) is 0 Å². The minimum absolute atomic E-state index is 0.132. The highest BCUT2D eigenvalue weighted by Gasteiger charge is 2.31. The van der Waals surface area contributed by atoms with Crippen LogP contribution >= 0.6 is 11.8 Å². The van der Waals surface area contributed by atoms with Crippen molar-refractivity contribution in [1.29, 1.82) is 0 Å². The Hall–Kier alpha value is -1.30. The van der Waals surface area contributed by atoms with Crippen LogP contribution in [0.25, 0.3) is 0 Å². The summed E-state index contributed by atoms with van der Waals surface area (Å²) < 4.78 is 7.15.